The molecule has 5 heteroatoms. The Morgan fingerprint density at radius 1 is 1.04 bits per heavy atom. The summed E-state index contributed by atoms with van der Waals surface area (Å²) < 4.78 is 1.85. The molecule has 2 N–H and O–H groups in total. The zero-order chi connectivity index (χ0) is 18.2. The maximum absolute atomic E-state index is 4.69. The number of rotatable bonds is 6. The van der Waals surface area contributed by atoms with E-state index in [4.69, 9.17) is 4.99 Å². The maximum atomic E-state index is 4.69. The van der Waals surface area contributed by atoms with E-state index in [0.717, 1.165) is 30.3 Å². The summed E-state index contributed by atoms with van der Waals surface area (Å²) in [5.41, 5.74) is 4.77. The minimum Gasteiger partial charge on any atom is -0.357 e. The summed E-state index contributed by atoms with van der Waals surface area (Å²) in [5.74, 6) is 0.826. The number of guanidine groups is 1. The fraction of sp³-hybridized carbons (Fsp3) is 0.238. The molecule has 0 spiro atoms. The molecule has 26 heavy (non-hydrogen) atoms. The number of hydrogen-bond donors (Lipinski definition) is 2. The lowest BCUT2D eigenvalue weighted by Gasteiger charge is -2.13. The van der Waals surface area contributed by atoms with Crippen molar-refractivity contribution in [3.05, 3.63) is 83.7 Å². The van der Waals surface area contributed by atoms with Crippen LogP contribution in [0, 0.1) is 6.92 Å². The van der Waals surface area contributed by atoms with Gasteiger partial charge in [0, 0.05) is 25.5 Å². The van der Waals surface area contributed by atoms with Gasteiger partial charge in [-0.1, -0.05) is 36.4 Å². The van der Waals surface area contributed by atoms with Crippen LogP contribution in [0.15, 0.2) is 72.0 Å². The fourth-order valence-electron chi connectivity index (χ4n) is 2.68. The van der Waals surface area contributed by atoms with Crippen LogP contribution in [0.4, 0.5) is 0 Å². The molecule has 0 radical (unpaired) electrons. The summed E-state index contributed by atoms with van der Waals surface area (Å²) in [6.07, 6.45) is 3.72. The Hall–Kier alpha value is -3.08. The number of aromatic nitrogens is 2. The number of aliphatic imine (C=N–C) groups is 1. The van der Waals surface area contributed by atoms with Crippen molar-refractivity contribution >= 4 is 5.96 Å². The minimum atomic E-state index is 0.627. The first-order chi connectivity index (χ1) is 12.8. The molecule has 0 aliphatic carbocycles. The highest BCUT2D eigenvalue weighted by Crippen LogP contribution is 2.10. The highest BCUT2D eigenvalue weighted by molar-refractivity contribution is 5.79. The zero-order valence-electron chi connectivity index (χ0n) is 15.3. The quantitative estimate of drug-likeness (QED) is 0.530. The van der Waals surface area contributed by atoms with Crippen molar-refractivity contribution in [3.8, 4) is 5.69 Å². The lowest BCUT2D eigenvalue weighted by Crippen LogP contribution is -2.36. The molecule has 5 nitrogen and oxygen atoms in total. The van der Waals surface area contributed by atoms with E-state index in [9.17, 15) is 0 Å². The van der Waals surface area contributed by atoms with Crippen LogP contribution < -0.4 is 10.6 Å². The Bertz CT molecular complexity index is 835. The van der Waals surface area contributed by atoms with Crippen LogP contribution in [0.5, 0.6) is 0 Å². The molecule has 0 bridgehead atoms. The third-order valence-electron chi connectivity index (χ3n) is 4.18. The molecule has 1 aromatic heterocycles. The van der Waals surface area contributed by atoms with E-state index < -0.39 is 0 Å². The number of hydrogen-bond acceptors (Lipinski definition) is 2. The summed E-state index contributed by atoms with van der Waals surface area (Å²) in [6.45, 7) is 6.42. The summed E-state index contributed by atoms with van der Waals surface area (Å²) in [7, 11) is 0. The molecule has 134 valence electrons. The molecule has 1 heterocycles. The van der Waals surface area contributed by atoms with E-state index >= 15 is 0 Å². The third-order valence-corrected chi connectivity index (χ3v) is 4.18. The molecule has 2 aromatic carbocycles. The Morgan fingerprint density at radius 2 is 1.85 bits per heavy atom. The van der Waals surface area contributed by atoms with Gasteiger partial charge in [0.05, 0.1) is 12.2 Å². The molecule has 0 atom stereocenters. The Morgan fingerprint density at radius 3 is 2.54 bits per heavy atom. The first kappa shape index (κ1) is 17.7. The summed E-state index contributed by atoms with van der Waals surface area (Å²) in [6, 6.07) is 18.6. The van der Waals surface area contributed by atoms with Crippen molar-refractivity contribution in [2.24, 2.45) is 4.99 Å². The standard InChI is InChI=1S/C21H25N5/c1-3-22-21(24-16-19-8-5-4-7-17(19)2)23-15-18-9-11-20(12-10-18)26-14-6-13-25-26/h4-14H,3,15-16H2,1-2H3,(H2,22,23,24). The van der Waals surface area contributed by atoms with Gasteiger partial charge in [-0.3, -0.25) is 0 Å². The van der Waals surface area contributed by atoms with Gasteiger partial charge >= 0.3 is 0 Å². The van der Waals surface area contributed by atoms with Gasteiger partial charge in [0.25, 0.3) is 0 Å². The first-order valence-electron chi connectivity index (χ1n) is 8.92. The van der Waals surface area contributed by atoms with Gasteiger partial charge in [0.15, 0.2) is 5.96 Å². The fourth-order valence-corrected chi connectivity index (χ4v) is 2.68. The lowest BCUT2D eigenvalue weighted by atomic mass is 10.1. The van der Waals surface area contributed by atoms with Gasteiger partial charge < -0.3 is 10.6 Å². The average Bonchev–Trinajstić information content (AvgIpc) is 3.20. The normalized spacial score (nSPS) is 11.4. The molecule has 3 aromatic rings. The Balaban J connectivity index is 1.62. The number of benzene rings is 2. The van der Waals surface area contributed by atoms with Gasteiger partial charge in [-0.2, -0.15) is 5.10 Å². The SMILES string of the molecule is CCNC(=NCc1ccc(-n2cccn2)cc1)NCc1ccccc1C. The first-order valence-corrected chi connectivity index (χ1v) is 8.92. The molecule has 0 saturated heterocycles. The van der Waals surface area contributed by atoms with Crippen LogP contribution in [0.1, 0.15) is 23.6 Å². The van der Waals surface area contributed by atoms with E-state index in [1.165, 1.54) is 11.1 Å². The van der Waals surface area contributed by atoms with Gasteiger partial charge in [-0.15, -0.1) is 0 Å². The van der Waals surface area contributed by atoms with E-state index in [0.29, 0.717) is 6.54 Å². The third kappa shape index (κ3) is 4.72. The second-order valence-electron chi connectivity index (χ2n) is 6.09. The van der Waals surface area contributed by atoms with Gasteiger partial charge in [0.2, 0.25) is 0 Å². The van der Waals surface area contributed by atoms with Crippen LogP contribution in [-0.2, 0) is 13.1 Å². The molecule has 0 saturated carbocycles. The summed E-state index contributed by atoms with van der Waals surface area (Å²) in [4.78, 5) is 4.69. The van der Waals surface area contributed by atoms with Crippen molar-refractivity contribution in [2.75, 3.05) is 6.54 Å². The maximum Gasteiger partial charge on any atom is 0.191 e. The summed E-state index contributed by atoms with van der Waals surface area (Å²) >= 11 is 0. The highest BCUT2D eigenvalue weighted by atomic mass is 15.3. The second-order valence-corrected chi connectivity index (χ2v) is 6.09. The van der Waals surface area contributed by atoms with Crippen molar-refractivity contribution < 1.29 is 0 Å². The van der Waals surface area contributed by atoms with Crippen LogP contribution in [0.3, 0.4) is 0 Å². The molecular weight excluding hydrogens is 322 g/mol. The predicted molar refractivity (Wildman–Crippen MR) is 106 cm³/mol. The Kier molecular flexibility index (Phi) is 6.04. The van der Waals surface area contributed by atoms with E-state index in [1.54, 1.807) is 6.20 Å². The predicted octanol–water partition coefficient (Wildman–Crippen LogP) is 3.44. The minimum absolute atomic E-state index is 0.627. The Labute approximate surface area is 154 Å². The van der Waals surface area contributed by atoms with Crippen LogP contribution in [-0.4, -0.2) is 22.3 Å². The van der Waals surface area contributed by atoms with Crippen LogP contribution in [0.2, 0.25) is 0 Å². The molecule has 0 unspecified atom stereocenters. The number of nitrogens with zero attached hydrogens (tertiary/aromatic N) is 3. The summed E-state index contributed by atoms with van der Waals surface area (Å²) in [5, 5.41) is 11.0. The smallest absolute Gasteiger partial charge is 0.191 e. The van der Waals surface area contributed by atoms with Gasteiger partial charge in [-0.25, -0.2) is 9.67 Å². The molecule has 3 rings (SSSR count). The molecule has 0 aliphatic rings. The molecular formula is C21H25N5. The average molecular weight is 347 g/mol. The van der Waals surface area contributed by atoms with Crippen LogP contribution in [0.25, 0.3) is 5.69 Å². The number of aryl methyl sites for hydroxylation is 1. The molecule has 0 aliphatic heterocycles. The van der Waals surface area contributed by atoms with Crippen molar-refractivity contribution in [1.82, 2.24) is 20.4 Å². The second kappa shape index (κ2) is 8.85. The van der Waals surface area contributed by atoms with E-state index in [2.05, 4.69) is 78.1 Å². The van der Waals surface area contributed by atoms with Crippen molar-refractivity contribution in [1.29, 1.82) is 0 Å². The monoisotopic (exact) mass is 347 g/mol. The molecule has 0 amide bonds. The highest BCUT2D eigenvalue weighted by Gasteiger charge is 2.01. The van der Waals surface area contributed by atoms with E-state index in [1.807, 2.05) is 16.9 Å². The van der Waals surface area contributed by atoms with E-state index in [-0.39, 0.29) is 0 Å². The lowest BCUT2D eigenvalue weighted by molar-refractivity contribution is 0.812. The van der Waals surface area contributed by atoms with Crippen LogP contribution >= 0.6 is 0 Å². The molecule has 0 fully saturated rings. The van der Waals surface area contributed by atoms with Crippen molar-refractivity contribution in [2.45, 2.75) is 26.9 Å². The largest absolute Gasteiger partial charge is 0.357 e. The van der Waals surface area contributed by atoms with Gasteiger partial charge in [-0.05, 0) is 48.7 Å². The number of nitrogens with one attached hydrogen (secondary N) is 2. The van der Waals surface area contributed by atoms with Crippen molar-refractivity contribution in [3.63, 3.8) is 0 Å². The topological polar surface area (TPSA) is 54.2 Å². The zero-order valence-corrected chi connectivity index (χ0v) is 15.3. The van der Waals surface area contributed by atoms with Gasteiger partial charge in [0.1, 0.15) is 0 Å².